The second kappa shape index (κ2) is 4.33. The first-order chi connectivity index (χ1) is 8.93. The molecule has 3 rings (SSSR count). The van der Waals surface area contributed by atoms with Crippen molar-refractivity contribution in [3.8, 4) is 5.88 Å². The summed E-state index contributed by atoms with van der Waals surface area (Å²) in [5.41, 5.74) is -0.995. The first kappa shape index (κ1) is 12.7. The Kier molecular flexibility index (Phi) is 2.88. The SMILES string of the molecule is CN1CC2CC(Oc3cnc(C(F)(F)F)cn3)C1C2. The van der Waals surface area contributed by atoms with Gasteiger partial charge in [-0.3, -0.25) is 4.90 Å². The summed E-state index contributed by atoms with van der Waals surface area (Å²) in [6.45, 7) is 1.07. The summed E-state index contributed by atoms with van der Waals surface area (Å²) in [5.74, 6) is 0.793. The molecule has 0 amide bonds. The molecule has 3 atom stereocenters. The molecule has 0 aromatic carbocycles. The highest BCUT2D eigenvalue weighted by Gasteiger charge is 2.44. The van der Waals surface area contributed by atoms with Gasteiger partial charge in [0.1, 0.15) is 6.10 Å². The standard InChI is InChI=1S/C12H14F3N3O/c1-18-6-7-2-8(18)9(3-7)19-11-5-16-10(4-17-11)12(13,14)15/h4-5,7-9H,2-3,6H2,1H3. The Balaban J connectivity index is 1.68. The smallest absolute Gasteiger partial charge is 0.434 e. The predicted molar refractivity (Wildman–Crippen MR) is 60.6 cm³/mol. The number of likely N-dealkylation sites (N-methyl/N-ethyl adjacent to an activating group) is 1. The average molecular weight is 273 g/mol. The molecule has 19 heavy (non-hydrogen) atoms. The van der Waals surface area contributed by atoms with Crippen LogP contribution < -0.4 is 4.74 Å². The molecule has 2 aliphatic rings. The molecule has 0 spiro atoms. The summed E-state index contributed by atoms with van der Waals surface area (Å²) < 4.78 is 42.7. The van der Waals surface area contributed by atoms with E-state index in [1.54, 1.807) is 0 Å². The van der Waals surface area contributed by atoms with Gasteiger partial charge >= 0.3 is 6.18 Å². The van der Waals surface area contributed by atoms with Crippen molar-refractivity contribution in [1.82, 2.24) is 14.9 Å². The van der Waals surface area contributed by atoms with E-state index < -0.39 is 11.9 Å². The molecular weight excluding hydrogens is 259 g/mol. The zero-order chi connectivity index (χ0) is 13.6. The van der Waals surface area contributed by atoms with Crippen LogP contribution in [0.25, 0.3) is 0 Å². The van der Waals surface area contributed by atoms with Gasteiger partial charge in [-0.05, 0) is 25.8 Å². The van der Waals surface area contributed by atoms with Crippen molar-refractivity contribution in [2.75, 3.05) is 13.6 Å². The topological polar surface area (TPSA) is 38.2 Å². The van der Waals surface area contributed by atoms with Crippen molar-refractivity contribution < 1.29 is 17.9 Å². The van der Waals surface area contributed by atoms with E-state index in [-0.39, 0.29) is 12.0 Å². The third-order valence-electron chi connectivity index (χ3n) is 3.87. The van der Waals surface area contributed by atoms with Crippen molar-refractivity contribution >= 4 is 0 Å². The third-order valence-corrected chi connectivity index (χ3v) is 3.87. The van der Waals surface area contributed by atoms with Crippen LogP contribution in [0.3, 0.4) is 0 Å². The molecule has 1 aliphatic carbocycles. The van der Waals surface area contributed by atoms with Crippen LogP contribution in [0.4, 0.5) is 13.2 Å². The van der Waals surface area contributed by atoms with E-state index in [9.17, 15) is 13.2 Å². The van der Waals surface area contributed by atoms with Gasteiger partial charge in [0.15, 0.2) is 5.69 Å². The maximum Gasteiger partial charge on any atom is 0.434 e. The summed E-state index contributed by atoms with van der Waals surface area (Å²) in [4.78, 5) is 9.27. The van der Waals surface area contributed by atoms with E-state index in [0.717, 1.165) is 25.6 Å². The molecule has 1 saturated carbocycles. The molecule has 1 aromatic heterocycles. The van der Waals surface area contributed by atoms with Gasteiger partial charge in [0.05, 0.1) is 12.4 Å². The minimum atomic E-state index is -4.46. The normalized spacial score (nSPS) is 30.8. The first-order valence-corrected chi connectivity index (χ1v) is 6.19. The molecule has 2 heterocycles. The predicted octanol–water partition coefficient (Wildman–Crippen LogP) is 1.97. The Morgan fingerprint density at radius 2 is 2.05 bits per heavy atom. The number of hydrogen-bond acceptors (Lipinski definition) is 4. The van der Waals surface area contributed by atoms with Crippen LogP contribution in [0, 0.1) is 5.92 Å². The van der Waals surface area contributed by atoms with E-state index in [2.05, 4.69) is 14.9 Å². The van der Waals surface area contributed by atoms with E-state index in [1.165, 1.54) is 0 Å². The largest absolute Gasteiger partial charge is 0.472 e. The number of nitrogens with zero attached hydrogens (tertiary/aromatic N) is 3. The Hall–Kier alpha value is -1.37. The second-order valence-corrected chi connectivity index (χ2v) is 5.24. The van der Waals surface area contributed by atoms with Crippen LogP contribution in [-0.4, -0.2) is 40.6 Å². The van der Waals surface area contributed by atoms with Gasteiger partial charge < -0.3 is 4.74 Å². The van der Waals surface area contributed by atoms with E-state index in [4.69, 9.17) is 4.74 Å². The lowest BCUT2D eigenvalue weighted by Gasteiger charge is -2.29. The summed E-state index contributed by atoms with van der Waals surface area (Å²) >= 11 is 0. The number of alkyl halides is 3. The molecular formula is C12H14F3N3O. The van der Waals surface area contributed by atoms with Crippen LogP contribution in [0.5, 0.6) is 5.88 Å². The monoisotopic (exact) mass is 273 g/mol. The van der Waals surface area contributed by atoms with Crippen LogP contribution in [0.1, 0.15) is 18.5 Å². The molecule has 1 saturated heterocycles. The van der Waals surface area contributed by atoms with Gasteiger partial charge in [0.25, 0.3) is 0 Å². The number of halogens is 3. The van der Waals surface area contributed by atoms with Crippen molar-refractivity contribution in [1.29, 1.82) is 0 Å². The third kappa shape index (κ3) is 2.39. The van der Waals surface area contributed by atoms with Gasteiger partial charge in [-0.25, -0.2) is 9.97 Å². The lowest BCUT2D eigenvalue weighted by Crippen LogP contribution is -2.41. The highest BCUT2D eigenvalue weighted by molar-refractivity contribution is 5.11. The molecule has 0 radical (unpaired) electrons. The fourth-order valence-electron chi connectivity index (χ4n) is 3.04. The minimum Gasteiger partial charge on any atom is -0.472 e. The molecule has 7 heteroatoms. The van der Waals surface area contributed by atoms with Crippen molar-refractivity contribution in [3.63, 3.8) is 0 Å². The van der Waals surface area contributed by atoms with Gasteiger partial charge in [-0.2, -0.15) is 13.2 Å². The number of fused-ring (bicyclic) bond motifs is 2. The molecule has 104 valence electrons. The zero-order valence-electron chi connectivity index (χ0n) is 10.4. The van der Waals surface area contributed by atoms with Crippen LogP contribution in [0.15, 0.2) is 12.4 Å². The quantitative estimate of drug-likeness (QED) is 0.825. The average Bonchev–Trinajstić information content (AvgIpc) is 2.87. The summed E-state index contributed by atoms with van der Waals surface area (Å²) in [6, 6.07) is 0.342. The molecule has 0 N–H and O–H groups in total. The number of rotatable bonds is 2. The maximum atomic E-state index is 12.3. The van der Waals surface area contributed by atoms with Gasteiger partial charge in [0, 0.05) is 12.6 Å². The van der Waals surface area contributed by atoms with E-state index in [1.807, 2.05) is 7.05 Å². The van der Waals surface area contributed by atoms with Crippen molar-refractivity contribution in [2.45, 2.75) is 31.2 Å². The highest BCUT2D eigenvalue weighted by Crippen LogP contribution is 2.38. The summed E-state index contributed by atoms with van der Waals surface area (Å²) in [6.07, 6.45) is -0.651. The van der Waals surface area contributed by atoms with Crippen LogP contribution in [0.2, 0.25) is 0 Å². The fraction of sp³-hybridized carbons (Fsp3) is 0.667. The van der Waals surface area contributed by atoms with Gasteiger partial charge in [0.2, 0.25) is 5.88 Å². The Labute approximate surface area is 108 Å². The Morgan fingerprint density at radius 1 is 1.26 bits per heavy atom. The summed E-state index contributed by atoms with van der Waals surface area (Å²) in [7, 11) is 2.04. The number of aromatic nitrogens is 2. The van der Waals surface area contributed by atoms with Crippen LogP contribution in [-0.2, 0) is 6.18 Å². The number of ether oxygens (including phenoxy) is 1. The lowest BCUT2D eigenvalue weighted by atomic mass is 10.1. The highest BCUT2D eigenvalue weighted by atomic mass is 19.4. The Bertz CT molecular complexity index is 462. The minimum absolute atomic E-state index is 0.00906. The maximum absolute atomic E-state index is 12.3. The van der Waals surface area contributed by atoms with E-state index in [0.29, 0.717) is 18.2 Å². The fourth-order valence-corrected chi connectivity index (χ4v) is 3.04. The number of piperidine rings is 1. The zero-order valence-corrected chi connectivity index (χ0v) is 10.4. The van der Waals surface area contributed by atoms with Crippen molar-refractivity contribution in [3.05, 3.63) is 18.1 Å². The number of likely N-dealkylation sites (tertiary alicyclic amines) is 1. The molecule has 4 nitrogen and oxygen atoms in total. The van der Waals surface area contributed by atoms with E-state index >= 15 is 0 Å². The molecule has 1 aliphatic heterocycles. The molecule has 1 aromatic rings. The van der Waals surface area contributed by atoms with Gasteiger partial charge in [-0.1, -0.05) is 0 Å². The molecule has 3 unspecified atom stereocenters. The molecule has 2 bridgehead atoms. The van der Waals surface area contributed by atoms with Gasteiger partial charge in [-0.15, -0.1) is 0 Å². The summed E-state index contributed by atoms with van der Waals surface area (Å²) in [5, 5.41) is 0. The molecule has 2 fully saturated rings. The second-order valence-electron chi connectivity index (χ2n) is 5.24. The number of hydrogen-bond donors (Lipinski definition) is 0. The first-order valence-electron chi connectivity index (χ1n) is 6.19. The lowest BCUT2D eigenvalue weighted by molar-refractivity contribution is -0.141. The Morgan fingerprint density at radius 3 is 2.58 bits per heavy atom. The van der Waals surface area contributed by atoms with Crippen molar-refractivity contribution in [2.24, 2.45) is 5.92 Å². The van der Waals surface area contributed by atoms with Crippen LogP contribution >= 0.6 is 0 Å².